The molecule has 244 valence electrons. The van der Waals surface area contributed by atoms with E-state index in [1.807, 2.05) is 6.92 Å². The highest BCUT2D eigenvalue weighted by molar-refractivity contribution is 6.01. The molecule has 2 saturated carbocycles. The number of likely N-dealkylation sites (tertiary alicyclic amines) is 1. The normalized spacial score (nSPS) is 22.5. The maximum atomic E-state index is 14.0. The van der Waals surface area contributed by atoms with Crippen molar-refractivity contribution in [2.75, 3.05) is 32.1 Å². The Hall–Kier alpha value is -3.93. The number of aryl methyl sites for hydroxylation is 1. The zero-order valence-corrected chi connectivity index (χ0v) is 26.7. The third-order valence-electron chi connectivity index (χ3n) is 10.4. The number of anilines is 1. The number of hydrogen-bond acceptors (Lipinski definition) is 7. The van der Waals surface area contributed by atoms with Crippen molar-refractivity contribution in [2.45, 2.75) is 76.3 Å². The van der Waals surface area contributed by atoms with Crippen LogP contribution in [0, 0.1) is 17.3 Å². The number of rotatable bonds is 12. The van der Waals surface area contributed by atoms with E-state index in [0.29, 0.717) is 42.2 Å². The van der Waals surface area contributed by atoms with E-state index in [4.69, 9.17) is 4.74 Å². The smallest absolute Gasteiger partial charge is 0.409 e. The third-order valence-corrected chi connectivity index (χ3v) is 10.4. The maximum absolute atomic E-state index is 14.0. The highest BCUT2D eigenvalue weighted by Gasteiger charge is 2.54. The molecule has 1 aromatic carbocycles. The molecule has 0 spiro atoms. The molecule has 1 aromatic heterocycles. The van der Waals surface area contributed by atoms with E-state index in [1.54, 1.807) is 43.6 Å². The van der Waals surface area contributed by atoms with Gasteiger partial charge in [-0.05, 0) is 66.7 Å². The molecule has 12 nitrogen and oxygen atoms in total. The van der Waals surface area contributed by atoms with E-state index in [1.165, 1.54) is 16.7 Å². The van der Waals surface area contributed by atoms with Gasteiger partial charge in [0.25, 0.3) is 5.91 Å². The molecular weight excluding hydrogens is 576 g/mol. The molecule has 0 bridgehead atoms. The van der Waals surface area contributed by atoms with Crippen LogP contribution in [-0.2, 0) is 26.8 Å². The van der Waals surface area contributed by atoms with Gasteiger partial charge >= 0.3 is 6.09 Å². The van der Waals surface area contributed by atoms with Gasteiger partial charge in [0.2, 0.25) is 11.8 Å². The van der Waals surface area contributed by atoms with Crippen molar-refractivity contribution < 1.29 is 29.0 Å². The maximum Gasteiger partial charge on any atom is 0.409 e. The van der Waals surface area contributed by atoms with Gasteiger partial charge in [-0.15, -0.1) is 0 Å². The number of aliphatic hydroxyl groups excluding tert-OH is 1. The Balaban J connectivity index is 1.39. The monoisotopic (exact) mass is 622 g/mol. The van der Waals surface area contributed by atoms with Crippen LogP contribution < -0.4 is 16.0 Å². The molecule has 2 aliphatic carbocycles. The summed E-state index contributed by atoms with van der Waals surface area (Å²) >= 11 is 0. The number of benzene rings is 1. The van der Waals surface area contributed by atoms with E-state index in [0.717, 1.165) is 32.1 Å². The lowest BCUT2D eigenvalue weighted by molar-refractivity contribution is -0.127. The number of nitrogens with one attached hydrogen (secondary N) is 3. The Bertz CT molecular complexity index is 1400. The van der Waals surface area contributed by atoms with Gasteiger partial charge in [-0.1, -0.05) is 45.2 Å². The van der Waals surface area contributed by atoms with Crippen LogP contribution >= 0.6 is 0 Å². The Labute approximate surface area is 264 Å². The zero-order valence-electron chi connectivity index (χ0n) is 26.7. The van der Waals surface area contributed by atoms with Gasteiger partial charge in [0.15, 0.2) is 0 Å². The molecule has 1 aliphatic heterocycles. The van der Waals surface area contributed by atoms with Gasteiger partial charge in [0.05, 0.1) is 25.2 Å². The lowest BCUT2D eigenvalue weighted by Gasteiger charge is -2.42. The molecule has 5 rings (SSSR count). The largest absolute Gasteiger partial charge is 0.453 e. The molecule has 1 saturated heterocycles. The van der Waals surface area contributed by atoms with Crippen molar-refractivity contribution in [3.8, 4) is 0 Å². The molecule has 2 unspecified atom stereocenters. The van der Waals surface area contributed by atoms with Gasteiger partial charge in [-0.2, -0.15) is 5.10 Å². The number of aliphatic hydroxyl groups is 1. The molecule has 2 heterocycles. The first-order valence-electron chi connectivity index (χ1n) is 16.0. The lowest BCUT2D eigenvalue weighted by Crippen LogP contribution is -2.54. The first-order valence-corrected chi connectivity index (χ1v) is 16.0. The summed E-state index contributed by atoms with van der Waals surface area (Å²) in [4.78, 5) is 54.9. The standard InChI is InChI=1S/C33H46N6O6/c1-5-23(19-40)36-30(43)33(16-18-39(20-33)31(44)45-4)22-9-11-24(12-10-22)35-29(42)27(37-28(41)25-13-17-34-38(25)3)26(21-7-6-8-21)32(2)14-15-32/h9-13,17,21,23,26-27,40H,5-8,14-16,18-20H2,1-4H3,(H,35,42)(H,36,43)(H,37,41)/t23-,26?,27+,33?/m1/s1. The van der Waals surface area contributed by atoms with Crippen LogP contribution in [0.1, 0.15) is 74.8 Å². The minimum Gasteiger partial charge on any atom is -0.453 e. The molecule has 45 heavy (non-hydrogen) atoms. The number of carbonyl (C=O) groups is 4. The summed E-state index contributed by atoms with van der Waals surface area (Å²) in [5, 5.41) is 22.9. The van der Waals surface area contributed by atoms with E-state index >= 15 is 0 Å². The number of nitrogens with zero attached hydrogens (tertiary/aromatic N) is 3. The lowest BCUT2D eigenvalue weighted by atomic mass is 9.66. The van der Waals surface area contributed by atoms with Crippen LogP contribution in [0.3, 0.4) is 0 Å². The average Bonchev–Trinajstić information content (AvgIpc) is 3.38. The summed E-state index contributed by atoms with van der Waals surface area (Å²) in [6, 6.07) is 7.60. The van der Waals surface area contributed by atoms with E-state index in [9.17, 15) is 24.3 Å². The minimum atomic E-state index is -1.05. The second-order valence-electron chi connectivity index (χ2n) is 13.2. The summed E-state index contributed by atoms with van der Waals surface area (Å²) in [5.41, 5.74) is 0.565. The van der Waals surface area contributed by atoms with Crippen molar-refractivity contribution in [2.24, 2.45) is 24.3 Å². The summed E-state index contributed by atoms with van der Waals surface area (Å²) in [6.07, 6.45) is 7.26. The Morgan fingerprint density at radius 3 is 2.33 bits per heavy atom. The number of ether oxygens (including phenoxy) is 1. The predicted molar refractivity (Wildman–Crippen MR) is 167 cm³/mol. The van der Waals surface area contributed by atoms with E-state index in [2.05, 4.69) is 28.0 Å². The summed E-state index contributed by atoms with van der Waals surface area (Å²) < 4.78 is 6.42. The first-order chi connectivity index (χ1) is 21.5. The number of hydrogen-bond donors (Lipinski definition) is 4. The highest BCUT2D eigenvalue weighted by atomic mass is 16.5. The van der Waals surface area contributed by atoms with Crippen LogP contribution in [0.25, 0.3) is 0 Å². The quantitative estimate of drug-likeness (QED) is 0.284. The highest BCUT2D eigenvalue weighted by Crippen LogP contribution is 2.58. The average molecular weight is 623 g/mol. The van der Waals surface area contributed by atoms with Gasteiger partial charge in [-0.3, -0.25) is 19.1 Å². The van der Waals surface area contributed by atoms with E-state index in [-0.39, 0.29) is 42.2 Å². The van der Waals surface area contributed by atoms with Crippen LogP contribution in [0.5, 0.6) is 0 Å². The third kappa shape index (κ3) is 6.56. The molecular formula is C33H46N6O6. The van der Waals surface area contributed by atoms with Crippen LogP contribution in [0.2, 0.25) is 0 Å². The zero-order chi connectivity index (χ0) is 32.4. The molecule has 12 heteroatoms. The number of amides is 4. The number of methoxy groups -OCH3 is 1. The Kier molecular flexibility index (Phi) is 9.52. The molecule has 0 radical (unpaired) electrons. The topological polar surface area (TPSA) is 155 Å². The molecule has 4 amide bonds. The summed E-state index contributed by atoms with van der Waals surface area (Å²) in [6.45, 7) is 4.37. The SMILES string of the molecule is CC[C@H](CO)NC(=O)C1(c2ccc(NC(=O)[C@@H](NC(=O)c3ccnn3C)C(C3CCC3)C3(C)CC3)cc2)CCN(C(=O)OC)C1. The molecule has 4 atom stereocenters. The fourth-order valence-electron chi connectivity index (χ4n) is 7.04. The van der Waals surface area contributed by atoms with Gasteiger partial charge in [-0.25, -0.2) is 4.79 Å². The second kappa shape index (κ2) is 13.2. The van der Waals surface area contributed by atoms with Crippen LogP contribution in [0.15, 0.2) is 36.5 Å². The summed E-state index contributed by atoms with van der Waals surface area (Å²) in [5.74, 6) is -0.508. The van der Waals surface area contributed by atoms with Crippen LogP contribution in [0.4, 0.5) is 10.5 Å². The molecule has 3 fully saturated rings. The molecule has 3 aliphatic rings. The Morgan fingerprint density at radius 2 is 1.80 bits per heavy atom. The van der Waals surface area contributed by atoms with Crippen molar-refractivity contribution in [3.05, 3.63) is 47.8 Å². The fourth-order valence-corrected chi connectivity index (χ4v) is 7.04. The number of carbonyl (C=O) groups excluding carboxylic acids is 4. The first kappa shape index (κ1) is 32.5. The molecule has 4 N–H and O–H groups in total. The van der Waals surface area contributed by atoms with Gasteiger partial charge in [0.1, 0.15) is 11.7 Å². The van der Waals surface area contributed by atoms with Crippen LogP contribution in [-0.4, -0.2) is 82.5 Å². The van der Waals surface area contributed by atoms with Crippen molar-refractivity contribution in [3.63, 3.8) is 0 Å². The predicted octanol–water partition coefficient (Wildman–Crippen LogP) is 2.97. The number of aromatic nitrogens is 2. The Morgan fingerprint density at radius 1 is 1.09 bits per heavy atom. The minimum absolute atomic E-state index is 0.00463. The van der Waals surface area contributed by atoms with Gasteiger partial charge in [0, 0.05) is 32.0 Å². The van der Waals surface area contributed by atoms with E-state index < -0.39 is 23.6 Å². The second-order valence-corrected chi connectivity index (χ2v) is 13.2. The van der Waals surface area contributed by atoms with Crippen molar-refractivity contribution >= 4 is 29.5 Å². The van der Waals surface area contributed by atoms with Gasteiger partial charge < -0.3 is 30.7 Å². The van der Waals surface area contributed by atoms with Crippen molar-refractivity contribution in [1.29, 1.82) is 0 Å². The van der Waals surface area contributed by atoms with Crippen molar-refractivity contribution in [1.82, 2.24) is 25.3 Å². The summed E-state index contributed by atoms with van der Waals surface area (Å²) in [7, 11) is 3.01. The fraction of sp³-hybridized carbons (Fsp3) is 0.606. The molecule has 2 aromatic rings.